The molecule has 0 fully saturated rings. The second kappa shape index (κ2) is 22.1. The van der Waals surface area contributed by atoms with Crippen LogP contribution in [-0.4, -0.2) is 0 Å². The van der Waals surface area contributed by atoms with Crippen LogP contribution in [0, 0.1) is 17.8 Å². The summed E-state index contributed by atoms with van der Waals surface area (Å²) >= 11 is 0. The predicted octanol–water partition coefficient (Wildman–Crippen LogP) is 18.9. The molecule has 0 amide bonds. The Morgan fingerprint density at radius 1 is 0.282 bits per heavy atom. The molecule has 0 aliphatic carbocycles. The van der Waals surface area contributed by atoms with Crippen molar-refractivity contribution in [3.8, 4) is 84.0 Å². The minimum atomic E-state index is -4.79. The molecule has 0 heterocycles. The van der Waals surface area contributed by atoms with Gasteiger partial charge in [-0.15, -0.1) is 0 Å². The van der Waals surface area contributed by atoms with E-state index in [1.54, 1.807) is 0 Å². The standard InChI is InChI=1S/C66H63O4P/c1-46(2)43-55-37-40-58(64(52-31-19-10-20-32-52)61(55)49-25-13-7-14-26-49)68-71(67,69-59-41-38-56(44-47(3)4)62(50-27-15-8-16-28-50)65(59)53-33-21-11-22-34-53)70-60-42-39-57(45-48(5)6)63(51-29-17-9-18-30-51)66(60)54-35-23-12-24-36-54/h7-42,46-48H,43-45H2,1-6H3. The van der Waals surface area contributed by atoms with Crippen molar-refractivity contribution in [3.05, 3.63) is 235 Å². The fourth-order valence-electron chi connectivity index (χ4n) is 9.83. The summed E-state index contributed by atoms with van der Waals surface area (Å²) in [6, 6.07) is 74.2. The fraction of sp³-hybridized carbons (Fsp3) is 0.182. The van der Waals surface area contributed by atoms with Gasteiger partial charge < -0.3 is 13.6 Å². The van der Waals surface area contributed by atoms with Gasteiger partial charge in [-0.3, -0.25) is 0 Å². The van der Waals surface area contributed by atoms with E-state index < -0.39 is 7.82 Å². The summed E-state index contributed by atoms with van der Waals surface area (Å²) in [6.07, 6.45) is 2.48. The largest absolute Gasteiger partial charge is 0.647 e. The molecule has 0 spiro atoms. The summed E-state index contributed by atoms with van der Waals surface area (Å²) in [5.74, 6) is 2.25. The third-order valence-corrected chi connectivity index (χ3v) is 13.9. The minimum absolute atomic E-state index is 0.369. The molecule has 356 valence electrons. The second-order valence-electron chi connectivity index (χ2n) is 19.6. The van der Waals surface area contributed by atoms with Gasteiger partial charge in [-0.2, -0.15) is 4.57 Å². The molecule has 0 aromatic heterocycles. The summed E-state index contributed by atoms with van der Waals surface area (Å²) in [7, 11) is -4.79. The van der Waals surface area contributed by atoms with Crippen LogP contribution in [0.3, 0.4) is 0 Å². The zero-order chi connectivity index (χ0) is 49.3. The van der Waals surface area contributed by atoms with Crippen LogP contribution in [0.4, 0.5) is 0 Å². The van der Waals surface area contributed by atoms with Gasteiger partial charge in [0.1, 0.15) is 17.2 Å². The molecule has 0 aliphatic rings. The van der Waals surface area contributed by atoms with Crippen LogP contribution in [0.2, 0.25) is 0 Å². The summed E-state index contributed by atoms with van der Waals surface area (Å²) in [5, 5.41) is 0. The van der Waals surface area contributed by atoms with E-state index in [-0.39, 0.29) is 0 Å². The maximum Gasteiger partial charge on any atom is 0.647 e. The maximum atomic E-state index is 16.9. The lowest BCUT2D eigenvalue weighted by Gasteiger charge is -2.27. The molecular formula is C66H63O4P. The van der Waals surface area contributed by atoms with Crippen molar-refractivity contribution in [2.24, 2.45) is 17.8 Å². The van der Waals surface area contributed by atoms with E-state index in [0.29, 0.717) is 35.0 Å². The highest BCUT2D eigenvalue weighted by Crippen LogP contribution is 2.58. The summed E-state index contributed by atoms with van der Waals surface area (Å²) in [5.41, 5.74) is 14.8. The molecule has 0 aliphatic heterocycles. The Balaban J connectivity index is 1.34. The van der Waals surface area contributed by atoms with Crippen LogP contribution >= 0.6 is 7.82 Å². The molecule has 0 bridgehead atoms. The Labute approximate surface area is 421 Å². The topological polar surface area (TPSA) is 44.8 Å². The average molecular weight is 951 g/mol. The minimum Gasteiger partial charge on any atom is -0.385 e. The molecular weight excluding hydrogens is 888 g/mol. The Kier molecular flexibility index (Phi) is 15.2. The van der Waals surface area contributed by atoms with Crippen molar-refractivity contribution in [1.82, 2.24) is 0 Å². The van der Waals surface area contributed by atoms with Crippen molar-refractivity contribution in [3.63, 3.8) is 0 Å². The van der Waals surface area contributed by atoms with Crippen molar-refractivity contribution in [1.29, 1.82) is 0 Å². The first-order valence-corrected chi connectivity index (χ1v) is 26.5. The highest BCUT2D eigenvalue weighted by molar-refractivity contribution is 7.49. The molecule has 4 nitrogen and oxygen atoms in total. The van der Waals surface area contributed by atoms with Gasteiger partial charge in [0.05, 0.1) is 0 Å². The summed E-state index contributed by atoms with van der Waals surface area (Å²) in [4.78, 5) is 0. The van der Waals surface area contributed by atoms with Crippen molar-refractivity contribution >= 4 is 7.82 Å². The Morgan fingerprint density at radius 2 is 0.479 bits per heavy atom. The van der Waals surface area contributed by atoms with Crippen molar-refractivity contribution in [2.75, 3.05) is 0 Å². The van der Waals surface area contributed by atoms with Gasteiger partial charge in [-0.1, -0.05) is 242 Å². The SMILES string of the molecule is CC(C)Cc1ccc(OP(=O)(Oc2ccc(CC(C)C)c(-c3ccccc3)c2-c2ccccc2)Oc2ccc(CC(C)C)c(-c3ccccc3)c2-c2ccccc2)c(-c2ccccc2)c1-c1ccccc1. The van der Waals surface area contributed by atoms with E-state index in [1.165, 1.54) is 0 Å². The zero-order valence-corrected chi connectivity index (χ0v) is 42.6. The third kappa shape index (κ3) is 11.3. The summed E-state index contributed by atoms with van der Waals surface area (Å²) in [6.45, 7) is 13.4. The molecule has 0 unspecified atom stereocenters. The number of phosphoric ester groups is 1. The molecule has 9 rings (SSSR count). The quantitative estimate of drug-likeness (QED) is 0.0804. The first-order valence-electron chi connectivity index (χ1n) is 25.0. The number of hydrogen-bond donors (Lipinski definition) is 0. The van der Waals surface area contributed by atoms with E-state index in [9.17, 15) is 0 Å². The third-order valence-electron chi connectivity index (χ3n) is 12.6. The van der Waals surface area contributed by atoms with Gasteiger partial charge in [-0.05, 0) is 122 Å². The monoisotopic (exact) mass is 950 g/mol. The van der Waals surface area contributed by atoms with E-state index in [2.05, 4.69) is 169 Å². The van der Waals surface area contributed by atoms with E-state index in [4.69, 9.17) is 13.6 Å². The molecule has 0 saturated carbocycles. The molecule has 9 aromatic rings. The van der Waals surface area contributed by atoms with Gasteiger partial charge in [0.25, 0.3) is 0 Å². The van der Waals surface area contributed by atoms with Gasteiger partial charge in [0.15, 0.2) is 0 Å². The van der Waals surface area contributed by atoms with E-state index in [1.807, 2.05) is 91.0 Å². The normalized spacial score (nSPS) is 11.6. The first-order chi connectivity index (χ1) is 34.5. The molecule has 71 heavy (non-hydrogen) atoms. The number of benzene rings is 9. The average Bonchev–Trinajstić information content (AvgIpc) is 3.38. The lowest BCUT2D eigenvalue weighted by molar-refractivity contribution is 0.299. The van der Waals surface area contributed by atoms with Crippen LogP contribution in [0.25, 0.3) is 66.8 Å². The zero-order valence-electron chi connectivity index (χ0n) is 41.7. The number of rotatable bonds is 18. The molecule has 0 radical (unpaired) electrons. The Hall–Kier alpha value is -7.39. The molecule has 9 aromatic carbocycles. The first kappa shape index (κ1) is 48.6. The molecule has 0 atom stereocenters. The smallest absolute Gasteiger partial charge is 0.385 e. The van der Waals surface area contributed by atoms with Crippen LogP contribution < -0.4 is 13.6 Å². The van der Waals surface area contributed by atoms with E-state index in [0.717, 1.165) is 103 Å². The van der Waals surface area contributed by atoms with Gasteiger partial charge >= 0.3 is 7.82 Å². The molecule has 0 N–H and O–H groups in total. The van der Waals surface area contributed by atoms with Crippen LogP contribution in [0.15, 0.2) is 218 Å². The highest BCUT2D eigenvalue weighted by atomic mass is 31.2. The number of hydrogen-bond acceptors (Lipinski definition) is 4. The summed E-state index contributed by atoms with van der Waals surface area (Å²) < 4.78 is 38.5. The van der Waals surface area contributed by atoms with Crippen LogP contribution in [0.5, 0.6) is 17.2 Å². The maximum absolute atomic E-state index is 16.9. The molecule has 5 heteroatoms. The second-order valence-corrected chi connectivity index (χ2v) is 21.1. The lowest BCUT2D eigenvalue weighted by atomic mass is 9.87. The van der Waals surface area contributed by atoms with Crippen LogP contribution in [0.1, 0.15) is 58.2 Å². The van der Waals surface area contributed by atoms with Gasteiger partial charge in [0.2, 0.25) is 0 Å². The highest BCUT2D eigenvalue weighted by Gasteiger charge is 2.38. The van der Waals surface area contributed by atoms with Gasteiger partial charge in [0, 0.05) is 16.7 Å². The van der Waals surface area contributed by atoms with E-state index >= 15 is 4.57 Å². The van der Waals surface area contributed by atoms with Gasteiger partial charge in [-0.25, -0.2) is 0 Å². The molecule has 0 saturated heterocycles. The predicted molar refractivity (Wildman–Crippen MR) is 297 cm³/mol. The number of phosphoric acid groups is 1. The van der Waals surface area contributed by atoms with Crippen molar-refractivity contribution < 1.29 is 18.1 Å². The lowest BCUT2D eigenvalue weighted by Crippen LogP contribution is -2.11. The Morgan fingerprint density at radius 3 is 0.676 bits per heavy atom. The van der Waals surface area contributed by atoms with Crippen molar-refractivity contribution in [2.45, 2.75) is 60.8 Å². The van der Waals surface area contributed by atoms with Crippen LogP contribution in [-0.2, 0) is 23.8 Å². The fourth-order valence-corrected chi connectivity index (χ4v) is 11.1. The Bertz CT molecular complexity index is 2880.